The van der Waals surface area contributed by atoms with Crippen molar-refractivity contribution < 1.29 is 14.3 Å². The van der Waals surface area contributed by atoms with Crippen LogP contribution in [0, 0.1) is 0 Å². The molecule has 0 aliphatic rings. The Hall–Kier alpha value is -1.03. The van der Waals surface area contributed by atoms with Crippen molar-refractivity contribution in [3.63, 3.8) is 0 Å². The first-order valence-electron chi connectivity index (χ1n) is 5.20. The number of carbonyl (C=O) groups excluding carboxylic acids is 1. The van der Waals surface area contributed by atoms with Crippen molar-refractivity contribution in [1.82, 2.24) is 0 Å². The molecule has 16 heavy (non-hydrogen) atoms. The van der Waals surface area contributed by atoms with Crippen LogP contribution in [0.2, 0.25) is 0 Å². The number of halogens is 1. The second-order valence-electron chi connectivity index (χ2n) is 3.34. The van der Waals surface area contributed by atoms with E-state index in [1.54, 1.807) is 0 Å². The van der Waals surface area contributed by atoms with Gasteiger partial charge >= 0.3 is 6.16 Å². The van der Waals surface area contributed by atoms with E-state index < -0.39 is 6.16 Å². The molecule has 0 amide bonds. The Kier molecular flexibility index (Phi) is 5.93. The third-order valence-corrected chi connectivity index (χ3v) is 2.94. The van der Waals surface area contributed by atoms with Crippen molar-refractivity contribution in [2.75, 3.05) is 6.61 Å². The predicted octanol–water partition coefficient (Wildman–Crippen LogP) is 3.51. The molecule has 1 rings (SSSR count). The molecule has 1 unspecified atom stereocenters. The van der Waals surface area contributed by atoms with Crippen LogP contribution in [-0.4, -0.2) is 17.6 Å². The third kappa shape index (κ3) is 5.16. The van der Waals surface area contributed by atoms with Gasteiger partial charge in [0.25, 0.3) is 0 Å². The summed E-state index contributed by atoms with van der Waals surface area (Å²) in [6, 6.07) is 9.50. The van der Waals surface area contributed by atoms with Crippen LogP contribution in [-0.2, 0) is 16.1 Å². The molecule has 3 nitrogen and oxygen atoms in total. The van der Waals surface area contributed by atoms with Crippen LogP contribution >= 0.6 is 15.9 Å². The zero-order valence-electron chi connectivity index (χ0n) is 9.19. The first kappa shape index (κ1) is 13.0. The van der Waals surface area contributed by atoms with Crippen LogP contribution in [0.25, 0.3) is 0 Å². The average Bonchev–Trinajstić information content (AvgIpc) is 2.34. The summed E-state index contributed by atoms with van der Waals surface area (Å²) in [7, 11) is 0. The van der Waals surface area contributed by atoms with Gasteiger partial charge < -0.3 is 9.47 Å². The van der Waals surface area contributed by atoms with Crippen molar-refractivity contribution >= 4 is 22.1 Å². The Labute approximate surface area is 104 Å². The van der Waals surface area contributed by atoms with Crippen molar-refractivity contribution in [3.05, 3.63) is 35.9 Å². The number of benzene rings is 1. The predicted molar refractivity (Wildman–Crippen MR) is 65.6 cm³/mol. The third-order valence-electron chi connectivity index (χ3n) is 2.02. The monoisotopic (exact) mass is 286 g/mol. The minimum atomic E-state index is -0.623. The van der Waals surface area contributed by atoms with Crippen molar-refractivity contribution in [2.24, 2.45) is 0 Å². The molecule has 88 valence electrons. The summed E-state index contributed by atoms with van der Waals surface area (Å²) >= 11 is 3.37. The minimum Gasteiger partial charge on any atom is -0.433 e. The topological polar surface area (TPSA) is 35.5 Å². The van der Waals surface area contributed by atoms with Crippen molar-refractivity contribution in [2.45, 2.75) is 24.8 Å². The average molecular weight is 287 g/mol. The van der Waals surface area contributed by atoms with Gasteiger partial charge in [-0.2, -0.15) is 0 Å². The molecule has 0 fully saturated rings. The zero-order chi connectivity index (χ0) is 11.8. The highest BCUT2D eigenvalue weighted by molar-refractivity contribution is 9.09. The molecule has 0 radical (unpaired) electrons. The Bertz CT molecular complexity index is 313. The van der Waals surface area contributed by atoms with E-state index in [4.69, 9.17) is 9.47 Å². The maximum atomic E-state index is 11.2. The van der Waals surface area contributed by atoms with E-state index >= 15 is 0 Å². The van der Waals surface area contributed by atoms with Crippen LogP contribution in [0.1, 0.15) is 18.9 Å². The van der Waals surface area contributed by atoms with E-state index in [1.807, 2.05) is 37.3 Å². The number of hydrogen-bond donors (Lipinski definition) is 0. The molecule has 1 atom stereocenters. The highest BCUT2D eigenvalue weighted by atomic mass is 79.9. The Morgan fingerprint density at radius 1 is 1.31 bits per heavy atom. The van der Waals surface area contributed by atoms with Crippen LogP contribution in [0.4, 0.5) is 4.79 Å². The van der Waals surface area contributed by atoms with Gasteiger partial charge in [-0.15, -0.1) is 0 Å². The summed E-state index contributed by atoms with van der Waals surface area (Å²) in [6.45, 7) is 2.60. The molecule has 0 saturated heterocycles. The van der Waals surface area contributed by atoms with Gasteiger partial charge in [-0.3, -0.25) is 0 Å². The van der Waals surface area contributed by atoms with Gasteiger partial charge in [-0.1, -0.05) is 53.2 Å². The SMILES string of the molecule is CCC(Br)COC(=O)OCc1ccccc1. The molecule has 1 aromatic rings. The standard InChI is InChI=1S/C12H15BrO3/c1-2-11(13)9-16-12(14)15-8-10-6-4-3-5-7-10/h3-7,11H,2,8-9H2,1H3. The van der Waals surface area contributed by atoms with E-state index in [1.165, 1.54) is 0 Å². The summed E-state index contributed by atoms with van der Waals surface area (Å²) in [5.74, 6) is 0. The highest BCUT2D eigenvalue weighted by Gasteiger charge is 2.07. The summed E-state index contributed by atoms with van der Waals surface area (Å²) in [5, 5.41) is 0. The van der Waals surface area contributed by atoms with Crippen LogP contribution < -0.4 is 0 Å². The summed E-state index contributed by atoms with van der Waals surface area (Å²) in [5.41, 5.74) is 0.949. The lowest BCUT2D eigenvalue weighted by Gasteiger charge is -2.08. The first-order chi connectivity index (χ1) is 7.72. The van der Waals surface area contributed by atoms with E-state index in [0.29, 0.717) is 6.61 Å². The summed E-state index contributed by atoms with van der Waals surface area (Å²) < 4.78 is 9.85. The van der Waals surface area contributed by atoms with Gasteiger partial charge in [-0.05, 0) is 12.0 Å². The molecule has 1 aromatic carbocycles. The van der Waals surface area contributed by atoms with Gasteiger partial charge in [0, 0.05) is 4.83 Å². The molecule has 0 spiro atoms. The lowest BCUT2D eigenvalue weighted by molar-refractivity contribution is 0.0504. The smallest absolute Gasteiger partial charge is 0.433 e. The lowest BCUT2D eigenvalue weighted by Crippen LogP contribution is -2.14. The second kappa shape index (κ2) is 7.28. The van der Waals surface area contributed by atoms with Crippen molar-refractivity contribution in [3.8, 4) is 0 Å². The number of carbonyl (C=O) groups is 1. The van der Waals surface area contributed by atoms with E-state index in [0.717, 1.165) is 12.0 Å². The summed E-state index contributed by atoms with van der Waals surface area (Å²) in [6.07, 6.45) is 0.285. The first-order valence-corrected chi connectivity index (χ1v) is 6.11. The molecular formula is C12H15BrO3. The normalized spacial score (nSPS) is 11.9. The van der Waals surface area contributed by atoms with Gasteiger partial charge in [0.1, 0.15) is 13.2 Å². The zero-order valence-corrected chi connectivity index (χ0v) is 10.8. The van der Waals surface area contributed by atoms with Gasteiger partial charge in [-0.25, -0.2) is 4.79 Å². The molecule has 0 saturated carbocycles. The largest absolute Gasteiger partial charge is 0.508 e. The quantitative estimate of drug-likeness (QED) is 0.614. The molecule has 0 bridgehead atoms. The maximum absolute atomic E-state index is 11.2. The molecule has 4 heteroatoms. The number of ether oxygens (including phenoxy) is 2. The molecule has 0 heterocycles. The fourth-order valence-corrected chi connectivity index (χ4v) is 1.17. The van der Waals surface area contributed by atoms with Gasteiger partial charge in [0.15, 0.2) is 0 Å². The van der Waals surface area contributed by atoms with Crippen LogP contribution in [0.15, 0.2) is 30.3 Å². The minimum absolute atomic E-state index is 0.191. The number of rotatable bonds is 5. The van der Waals surface area contributed by atoms with Crippen LogP contribution in [0.3, 0.4) is 0 Å². The molecule has 0 aromatic heterocycles. The molecular weight excluding hydrogens is 272 g/mol. The Balaban J connectivity index is 2.20. The summed E-state index contributed by atoms with van der Waals surface area (Å²) in [4.78, 5) is 11.4. The van der Waals surface area contributed by atoms with Crippen molar-refractivity contribution in [1.29, 1.82) is 0 Å². The van der Waals surface area contributed by atoms with E-state index in [2.05, 4.69) is 15.9 Å². The number of hydrogen-bond acceptors (Lipinski definition) is 3. The molecule has 0 N–H and O–H groups in total. The fraction of sp³-hybridized carbons (Fsp3) is 0.417. The number of alkyl halides is 1. The molecule has 0 aliphatic carbocycles. The second-order valence-corrected chi connectivity index (χ2v) is 4.64. The lowest BCUT2D eigenvalue weighted by atomic mass is 10.2. The van der Waals surface area contributed by atoms with Gasteiger partial charge in [0.2, 0.25) is 0 Å². The maximum Gasteiger partial charge on any atom is 0.508 e. The highest BCUT2D eigenvalue weighted by Crippen LogP contribution is 2.06. The fourth-order valence-electron chi connectivity index (χ4n) is 1.03. The van der Waals surface area contributed by atoms with E-state index in [-0.39, 0.29) is 11.4 Å². The Morgan fingerprint density at radius 2 is 2.00 bits per heavy atom. The Morgan fingerprint density at radius 3 is 2.62 bits per heavy atom. The molecule has 0 aliphatic heterocycles. The van der Waals surface area contributed by atoms with Crippen LogP contribution in [0.5, 0.6) is 0 Å². The van der Waals surface area contributed by atoms with E-state index in [9.17, 15) is 4.79 Å². The van der Waals surface area contributed by atoms with Gasteiger partial charge in [0.05, 0.1) is 0 Å².